The molecule has 1 nitrogen and oxygen atoms in total. The summed E-state index contributed by atoms with van der Waals surface area (Å²) in [4.78, 5) is 4.54. The maximum absolute atomic E-state index is 4.54. The van der Waals surface area contributed by atoms with Crippen molar-refractivity contribution in [2.45, 2.75) is 41.0 Å². The van der Waals surface area contributed by atoms with Gasteiger partial charge in [0.15, 0.2) is 0 Å². The van der Waals surface area contributed by atoms with E-state index in [-0.39, 0.29) is 0 Å². The molecule has 0 spiro atoms. The van der Waals surface area contributed by atoms with Crippen LogP contribution in [-0.4, -0.2) is 5.71 Å². The molecule has 1 aliphatic heterocycles. The summed E-state index contributed by atoms with van der Waals surface area (Å²) >= 11 is 0. The number of hydrogen-bond acceptors (Lipinski definition) is 1. The summed E-state index contributed by atoms with van der Waals surface area (Å²) in [6, 6.07) is 0. The Morgan fingerprint density at radius 3 is 2.23 bits per heavy atom. The van der Waals surface area contributed by atoms with E-state index in [4.69, 9.17) is 0 Å². The van der Waals surface area contributed by atoms with Crippen LogP contribution in [0, 0.1) is 17.8 Å². The van der Waals surface area contributed by atoms with E-state index in [1.807, 2.05) is 0 Å². The molecule has 1 heteroatoms. The number of nitrogens with zero attached hydrogens (tertiary/aromatic N) is 1. The minimum Gasteiger partial charge on any atom is -0.265 e. The lowest BCUT2D eigenvalue weighted by Crippen LogP contribution is -2.18. The van der Waals surface area contributed by atoms with Gasteiger partial charge in [-0.15, -0.1) is 0 Å². The minimum absolute atomic E-state index is 0.604. The Bertz CT molecular complexity index is 234. The van der Waals surface area contributed by atoms with Gasteiger partial charge in [0.2, 0.25) is 0 Å². The van der Waals surface area contributed by atoms with Crippen LogP contribution in [0.4, 0.5) is 0 Å². The summed E-state index contributed by atoms with van der Waals surface area (Å²) in [5.41, 5.74) is 2.86. The van der Waals surface area contributed by atoms with E-state index in [1.54, 1.807) is 0 Å². The van der Waals surface area contributed by atoms with Gasteiger partial charge in [-0.05, 0) is 29.7 Å². The first-order valence-electron chi connectivity index (χ1n) is 5.29. The molecule has 0 unspecified atom stereocenters. The fraction of sp³-hybridized carbons (Fsp3) is 0.750. The van der Waals surface area contributed by atoms with Crippen LogP contribution in [0.3, 0.4) is 0 Å². The second-order valence-corrected chi connectivity index (χ2v) is 4.66. The number of hydrogen-bond donors (Lipinski definition) is 0. The van der Waals surface area contributed by atoms with Crippen molar-refractivity contribution >= 4 is 5.71 Å². The third-order valence-electron chi connectivity index (χ3n) is 2.80. The smallest absolute Gasteiger partial charge is 0.0264 e. The second-order valence-electron chi connectivity index (χ2n) is 4.66. The maximum Gasteiger partial charge on any atom is 0.0264 e. The lowest BCUT2D eigenvalue weighted by molar-refractivity contribution is 0.579. The van der Waals surface area contributed by atoms with Crippen LogP contribution < -0.4 is 0 Å². The molecule has 0 aromatic carbocycles. The topological polar surface area (TPSA) is 12.4 Å². The lowest BCUT2D eigenvalue weighted by Gasteiger charge is -2.24. The van der Waals surface area contributed by atoms with Crippen LogP contribution in [0.15, 0.2) is 16.8 Å². The van der Waals surface area contributed by atoms with Gasteiger partial charge >= 0.3 is 0 Å². The summed E-state index contributed by atoms with van der Waals surface area (Å²) in [5.74, 6) is 1.94. The Kier molecular flexibility index (Phi) is 3.29. The van der Waals surface area contributed by atoms with Crippen molar-refractivity contribution in [3.63, 3.8) is 0 Å². The largest absolute Gasteiger partial charge is 0.265 e. The fourth-order valence-electron chi connectivity index (χ4n) is 1.87. The molecule has 1 rings (SSSR count). The van der Waals surface area contributed by atoms with Crippen molar-refractivity contribution in [2.24, 2.45) is 22.7 Å². The maximum atomic E-state index is 4.54. The number of aliphatic imine (C=N–C) groups is 1. The number of allylic oxidation sites excluding steroid dienone is 1. The molecule has 74 valence electrons. The molecule has 0 N–H and O–H groups in total. The van der Waals surface area contributed by atoms with Crippen LogP contribution >= 0.6 is 0 Å². The third-order valence-corrected chi connectivity index (χ3v) is 2.80. The molecule has 0 fully saturated rings. The van der Waals surface area contributed by atoms with Crippen molar-refractivity contribution in [3.05, 3.63) is 11.8 Å². The van der Waals surface area contributed by atoms with Crippen LogP contribution in [0.25, 0.3) is 0 Å². The zero-order valence-electron chi connectivity index (χ0n) is 9.46. The molecule has 1 atom stereocenters. The van der Waals surface area contributed by atoms with E-state index in [2.05, 4.69) is 45.8 Å². The molecule has 1 heterocycles. The van der Waals surface area contributed by atoms with Crippen molar-refractivity contribution in [2.75, 3.05) is 0 Å². The molecule has 0 aliphatic carbocycles. The van der Waals surface area contributed by atoms with Gasteiger partial charge in [-0.3, -0.25) is 4.99 Å². The summed E-state index contributed by atoms with van der Waals surface area (Å²) in [7, 11) is 0. The molecule has 0 saturated heterocycles. The van der Waals surface area contributed by atoms with Gasteiger partial charge in [-0.2, -0.15) is 0 Å². The molecule has 0 amide bonds. The highest BCUT2D eigenvalue weighted by atomic mass is 14.7. The molecular weight excluding hydrogens is 158 g/mol. The Balaban J connectivity index is 2.81. The summed E-state index contributed by atoms with van der Waals surface area (Å²) in [6.45, 7) is 11.2. The first-order chi connectivity index (χ1) is 6.02. The Hall–Kier alpha value is -0.590. The highest BCUT2D eigenvalue weighted by Crippen LogP contribution is 2.28. The van der Waals surface area contributed by atoms with E-state index >= 15 is 0 Å². The Morgan fingerprint density at radius 2 is 1.85 bits per heavy atom. The molecule has 13 heavy (non-hydrogen) atoms. The number of rotatable bonds is 2. The quantitative estimate of drug-likeness (QED) is 0.613. The van der Waals surface area contributed by atoms with Crippen molar-refractivity contribution < 1.29 is 0 Å². The monoisotopic (exact) mass is 179 g/mol. The zero-order chi connectivity index (χ0) is 10.0. The van der Waals surface area contributed by atoms with Crippen LogP contribution in [-0.2, 0) is 0 Å². The van der Waals surface area contributed by atoms with Crippen molar-refractivity contribution in [1.29, 1.82) is 0 Å². The SMILES string of the molecule is CC(C)C1=CN=C(C(C)C)C[C@@H]1C. The predicted molar refractivity (Wildman–Crippen MR) is 59.0 cm³/mol. The average Bonchev–Trinajstić information content (AvgIpc) is 2.03. The van der Waals surface area contributed by atoms with Crippen LogP contribution in [0.2, 0.25) is 0 Å². The van der Waals surface area contributed by atoms with Gasteiger partial charge in [0, 0.05) is 11.9 Å². The molecule has 0 aromatic rings. The van der Waals surface area contributed by atoms with Gasteiger partial charge in [0.05, 0.1) is 0 Å². The van der Waals surface area contributed by atoms with Gasteiger partial charge in [0.1, 0.15) is 0 Å². The molecule has 1 aliphatic rings. The minimum atomic E-state index is 0.604. The van der Waals surface area contributed by atoms with Crippen LogP contribution in [0.5, 0.6) is 0 Å². The average molecular weight is 179 g/mol. The van der Waals surface area contributed by atoms with Crippen LogP contribution in [0.1, 0.15) is 41.0 Å². The lowest BCUT2D eigenvalue weighted by atomic mass is 9.84. The normalized spacial score (nSPS) is 23.5. The second kappa shape index (κ2) is 4.08. The van der Waals surface area contributed by atoms with E-state index in [9.17, 15) is 0 Å². The highest BCUT2D eigenvalue weighted by molar-refractivity contribution is 5.88. The summed E-state index contributed by atoms with van der Waals surface area (Å²) < 4.78 is 0. The summed E-state index contributed by atoms with van der Waals surface area (Å²) in [5, 5.41) is 0. The van der Waals surface area contributed by atoms with E-state index in [1.165, 1.54) is 11.3 Å². The van der Waals surface area contributed by atoms with Gasteiger partial charge < -0.3 is 0 Å². The van der Waals surface area contributed by atoms with Gasteiger partial charge in [-0.1, -0.05) is 34.6 Å². The third kappa shape index (κ3) is 2.43. The molecule has 0 bridgehead atoms. The first-order valence-corrected chi connectivity index (χ1v) is 5.29. The standard InChI is InChI=1S/C12H21N/c1-8(2)11-7-13-12(9(3)4)6-10(11)5/h7-10H,6H2,1-5H3/t10-/m0/s1. The van der Waals surface area contributed by atoms with Gasteiger partial charge in [0.25, 0.3) is 0 Å². The fourth-order valence-corrected chi connectivity index (χ4v) is 1.87. The molecule has 0 aromatic heterocycles. The summed E-state index contributed by atoms with van der Waals surface area (Å²) in [6.07, 6.45) is 3.25. The zero-order valence-corrected chi connectivity index (χ0v) is 9.46. The highest BCUT2D eigenvalue weighted by Gasteiger charge is 2.19. The van der Waals surface area contributed by atoms with Crippen molar-refractivity contribution in [1.82, 2.24) is 0 Å². The molecule has 0 radical (unpaired) electrons. The molecular formula is C12H21N. The Morgan fingerprint density at radius 1 is 1.23 bits per heavy atom. The predicted octanol–water partition coefficient (Wildman–Crippen LogP) is 3.66. The van der Waals surface area contributed by atoms with E-state index < -0.39 is 0 Å². The van der Waals surface area contributed by atoms with Gasteiger partial charge in [-0.25, -0.2) is 0 Å². The first kappa shape index (κ1) is 10.5. The molecule has 0 saturated carbocycles. The Labute approximate surface area is 82.0 Å². The van der Waals surface area contributed by atoms with E-state index in [0.29, 0.717) is 17.8 Å². The van der Waals surface area contributed by atoms with E-state index in [0.717, 1.165) is 6.42 Å². The van der Waals surface area contributed by atoms with Crippen molar-refractivity contribution in [3.8, 4) is 0 Å².